The van der Waals surface area contributed by atoms with Gasteiger partial charge in [0.2, 0.25) is 0 Å². The summed E-state index contributed by atoms with van der Waals surface area (Å²) in [7, 11) is 0. The van der Waals surface area contributed by atoms with E-state index in [1.54, 1.807) is 16.8 Å². The molecule has 0 saturated heterocycles. The summed E-state index contributed by atoms with van der Waals surface area (Å²) in [5.74, 6) is -0.511. The fraction of sp³-hybridized carbons (Fsp3) is 0.364. The number of carboxylic acids is 1. The first-order valence-corrected chi connectivity index (χ1v) is 5.32. The van der Waals surface area contributed by atoms with Gasteiger partial charge < -0.3 is 5.11 Å². The van der Waals surface area contributed by atoms with E-state index in [9.17, 15) is 4.79 Å². The van der Waals surface area contributed by atoms with Crippen molar-refractivity contribution < 1.29 is 9.90 Å². The van der Waals surface area contributed by atoms with Crippen LogP contribution in [0.15, 0.2) is 18.6 Å². The number of aromatic nitrogens is 3. The lowest BCUT2D eigenvalue weighted by Crippen LogP contribution is -2.15. The van der Waals surface area contributed by atoms with Gasteiger partial charge in [-0.2, -0.15) is 0 Å². The number of imidazole rings is 1. The number of rotatable bonds is 2. The average molecular weight is 217 g/mol. The van der Waals surface area contributed by atoms with E-state index in [2.05, 4.69) is 9.97 Å². The molecule has 1 saturated carbocycles. The van der Waals surface area contributed by atoms with Crippen LogP contribution in [0.5, 0.6) is 0 Å². The van der Waals surface area contributed by atoms with Crippen LogP contribution in [0.4, 0.5) is 0 Å². The Morgan fingerprint density at radius 1 is 1.38 bits per heavy atom. The van der Waals surface area contributed by atoms with Crippen LogP contribution in [0.2, 0.25) is 0 Å². The Bertz CT molecular complexity index is 557. The molecule has 2 heterocycles. The van der Waals surface area contributed by atoms with E-state index in [4.69, 9.17) is 5.11 Å². The number of nitrogens with zero attached hydrogens (tertiary/aromatic N) is 3. The summed E-state index contributed by atoms with van der Waals surface area (Å²) >= 11 is 0. The lowest BCUT2D eigenvalue weighted by Gasteiger charge is -2.26. The molecular formula is C11H11N3O2. The van der Waals surface area contributed by atoms with Gasteiger partial charge in [0.1, 0.15) is 0 Å². The third-order valence-electron chi connectivity index (χ3n) is 3.19. The summed E-state index contributed by atoms with van der Waals surface area (Å²) in [6, 6.07) is 0. The maximum absolute atomic E-state index is 11.1. The van der Waals surface area contributed by atoms with Gasteiger partial charge in [0.05, 0.1) is 12.4 Å². The molecule has 0 aliphatic heterocycles. The maximum Gasteiger partial charge on any atom is 0.354 e. The number of carboxylic acid groups (broad SMARTS) is 1. The molecule has 2 aromatic rings. The average Bonchev–Trinajstić information content (AvgIpc) is 2.59. The van der Waals surface area contributed by atoms with Crippen LogP contribution in [-0.4, -0.2) is 25.4 Å². The Morgan fingerprint density at radius 2 is 2.19 bits per heavy atom. The highest BCUT2D eigenvalue weighted by atomic mass is 16.4. The molecule has 3 rings (SSSR count). The van der Waals surface area contributed by atoms with Crippen molar-refractivity contribution in [2.75, 3.05) is 0 Å². The minimum absolute atomic E-state index is 0.222. The lowest BCUT2D eigenvalue weighted by atomic mass is 9.83. The maximum atomic E-state index is 11.1. The van der Waals surface area contributed by atoms with Crippen LogP contribution in [0.1, 0.15) is 41.4 Å². The van der Waals surface area contributed by atoms with Crippen molar-refractivity contribution >= 4 is 11.6 Å². The van der Waals surface area contributed by atoms with Crippen LogP contribution in [0.3, 0.4) is 0 Å². The molecule has 1 N–H and O–H groups in total. The van der Waals surface area contributed by atoms with Gasteiger partial charge in [-0.25, -0.2) is 9.78 Å². The van der Waals surface area contributed by atoms with Crippen LogP contribution in [0.25, 0.3) is 5.65 Å². The number of hydrogen-bond donors (Lipinski definition) is 1. The molecule has 0 amide bonds. The van der Waals surface area contributed by atoms with Crippen molar-refractivity contribution in [3.63, 3.8) is 0 Å². The molecule has 1 aliphatic rings. The van der Waals surface area contributed by atoms with E-state index in [0.717, 1.165) is 18.5 Å². The normalized spacial score (nSPS) is 16.2. The zero-order valence-corrected chi connectivity index (χ0v) is 8.63. The fourth-order valence-electron chi connectivity index (χ4n) is 2.11. The molecule has 0 spiro atoms. The van der Waals surface area contributed by atoms with E-state index in [-0.39, 0.29) is 5.69 Å². The van der Waals surface area contributed by atoms with Crippen molar-refractivity contribution in [2.45, 2.75) is 25.2 Å². The SMILES string of the molecule is O=C(O)c1cnc2cncc(C3CCC3)n12. The molecule has 16 heavy (non-hydrogen) atoms. The highest BCUT2D eigenvalue weighted by Gasteiger charge is 2.24. The zero-order chi connectivity index (χ0) is 11.1. The second-order valence-corrected chi connectivity index (χ2v) is 4.10. The van der Waals surface area contributed by atoms with Crippen LogP contribution in [0, 0.1) is 0 Å². The first-order valence-electron chi connectivity index (χ1n) is 5.32. The van der Waals surface area contributed by atoms with Gasteiger partial charge >= 0.3 is 5.97 Å². The quantitative estimate of drug-likeness (QED) is 0.831. The Hall–Kier alpha value is -1.91. The van der Waals surface area contributed by atoms with Gasteiger partial charge in [0.25, 0.3) is 0 Å². The van der Waals surface area contributed by atoms with Crippen molar-refractivity contribution in [1.29, 1.82) is 0 Å². The summed E-state index contributed by atoms with van der Waals surface area (Å²) in [5.41, 5.74) is 1.81. The smallest absolute Gasteiger partial charge is 0.354 e. The lowest BCUT2D eigenvalue weighted by molar-refractivity contribution is 0.0688. The monoisotopic (exact) mass is 217 g/mol. The number of carbonyl (C=O) groups is 1. The molecule has 0 aromatic carbocycles. The highest BCUT2D eigenvalue weighted by Crippen LogP contribution is 2.36. The van der Waals surface area contributed by atoms with E-state index in [0.29, 0.717) is 11.6 Å². The summed E-state index contributed by atoms with van der Waals surface area (Å²) in [5, 5.41) is 9.09. The first kappa shape index (κ1) is 9.33. The highest BCUT2D eigenvalue weighted by molar-refractivity contribution is 5.86. The molecule has 82 valence electrons. The fourth-order valence-corrected chi connectivity index (χ4v) is 2.11. The van der Waals surface area contributed by atoms with E-state index >= 15 is 0 Å². The molecule has 0 radical (unpaired) electrons. The van der Waals surface area contributed by atoms with Crippen LogP contribution >= 0.6 is 0 Å². The zero-order valence-electron chi connectivity index (χ0n) is 8.63. The van der Waals surface area contributed by atoms with Gasteiger partial charge in [-0.3, -0.25) is 9.38 Å². The minimum atomic E-state index is -0.945. The molecule has 5 heteroatoms. The van der Waals surface area contributed by atoms with Gasteiger partial charge in [0.15, 0.2) is 11.3 Å². The molecule has 0 atom stereocenters. The molecule has 1 aliphatic carbocycles. The largest absolute Gasteiger partial charge is 0.477 e. The summed E-state index contributed by atoms with van der Waals surface area (Å²) in [6.45, 7) is 0. The predicted octanol–water partition coefficient (Wildman–Crippen LogP) is 1.69. The number of fused-ring (bicyclic) bond motifs is 1. The Morgan fingerprint density at radius 3 is 2.81 bits per heavy atom. The predicted molar refractivity (Wildman–Crippen MR) is 56.5 cm³/mol. The van der Waals surface area contributed by atoms with Crippen molar-refractivity contribution in [1.82, 2.24) is 14.4 Å². The Labute approximate surface area is 91.8 Å². The van der Waals surface area contributed by atoms with Gasteiger partial charge in [-0.05, 0) is 12.8 Å². The Balaban J connectivity index is 2.25. The topological polar surface area (TPSA) is 67.5 Å². The summed E-state index contributed by atoms with van der Waals surface area (Å²) < 4.78 is 1.71. The first-order chi connectivity index (χ1) is 7.77. The molecule has 5 nitrogen and oxygen atoms in total. The van der Waals surface area contributed by atoms with Gasteiger partial charge in [-0.1, -0.05) is 6.42 Å². The summed E-state index contributed by atoms with van der Waals surface area (Å²) in [6.07, 6.45) is 8.16. The number of aromatic carboxylic acids is 1. The van der Waals surface area contributed by atoms with Crippen LogP contribution < -0.4 is 0 Å². The second kappa shape index (κ2) is 3.30. The third kappa shape index (κ3) is 1.21. The molecule has 2 aromatic heterocycles. The molecule has 0 bridgehead atoms. The second-order valence-electron chi connectivity index (χ2n) is 4.10. The summed E-state index contributed by atoms with van der Waals surface area (Å²) in [4.78, 5) is 19.2. The van der Waals surface area contributed by atoms with Crippen molar-refractivity contribution in [2.24, 2.45) is 0 Å². The number of hydrogen-bond acceptors (Lipinski definition) is 3. The molecule has 1 fully saturated rings. The van der Waals surface area contributed by atoms with Crippen LogP contribution in [-0.2, 0) is 0 Å². The standard InChI is InChI=1S/C11H11N3O2/c15-11(16)9-5-13-10-6-12-4-8(14(9)10)7-2-1-3-7/h4-7H,1-3H2,(H,15,16). The van der Waals surface area contributed by atoms with Crippen molar-refractivity contribution in [3.05, 3.63) is 30.0 Å². The third-order valence-corrected chi connectivity index (χ3v) is 3.19. The minimum Gasteiger partial charge on any atom is -0.477 e. The van der Waals surface area contributed by atoms with Gasteiger partial charge in [-0.15, -0.1) is 0 Å². The van der Waals surface area contributed by atoms with E-state index in [1.165, 1.54) is 12.6 Å². The van der Waals surface area contributed by atoms with Crippen molar-refractivity contribution in [3.8, 4) is 0 Å². The van der Waals surface area contributed by atoms with E-state index in [1.807, 2.05) is 0 Å². The Kier molecular flexibility index (Phi) is 1.92. The molecule has 0 unspecified atom stereocenters. The van der Waals surface area contributed by atoms with E-state index < -0.39 is 5.97 Å². The molecular weight excluding hydrogens is 206 g/mol. The van der Waals surface area contributed by atoms with Gasteiger partial charge in [0, 0.05) is 17.8 Å².